The van der Waals surface area contributed by atoms with Gasteiger partial charge in [0, 0.05) is 6.54 Å². The molecule has 4 nitrogen and oxygen atoms in total. The summed E-state index contributed by atoms with van der Waals surface area (Å²) in [4.78, 5) is 0. The van der Waals surface area contributed by atoms with E-state index in [1.54, 1.807) is 0 Å². The molecular weight excluding hydrogens is 242 g/mol. The molecule has 0 saturated carbocycles. The van der Waals surface area contributed by atoms with Crippen LogP contribution in [0.5, 0.6) is 5.75 Å². The number of rotatable bonds is 7. The lowest BCUT2D eigenvalue weighted by molar-refractivity contribution is -0.0124. The van der Waals surface area contributed by atoms with Crippen molar-refractivity contribution in [3.05, 3.63) is 28.8 Å². The maximum absolute atomic E-state index is 9.77. The van der Waals surface area contributed by atoms with Gasteiger partial charge in [-0.1, -0.05) is 12.1 Å². The number of hydrogen-bond donors (Lipinski definition) is 2. The first-order valence-electron chi connectivity index (χ1n) is 6.66. The highest BCUT2D eigenvalue weighted by molar-refractivity contribution is 5.43. The highest BCUT2D eigenvalue weighted by Crippen LogP contribution is 2.24. The van der Waals surface area contributed by atoms with Crippen LogP contribution in [-0.2, 0) is 11.3 Å². The zero-order valence-electron chi connectivity index (χ0n) is 12.3. The molecule has 0 aromatic heterocycles. The van der Waals surface area contributed by atoms with Gasteiger partial charge >= 0.3 is 0 Å². The van der Waals surface area contributed by atoms with Gasteiger partial charge in [0.05, 0.1) is 12.7 Å². The molecule has 0 radical (unpaired) electrons. The number of aryl methyl sites for hydroxylation is 2. The minimum atomic E-state index is -0.615. The van der Waals surface area contributed by atoms with Crippen LogP contribution in [0, 0.1) is 13.8 Å². The number of hydrogen-bond acceptors (Lipinski definition) is 4. The van der Waals surface area contributed by atoms with E-state index in [2.05, 4.69) is 0 Å². The van der Waals surface area contributed by atoms with Gasteiger partial charge in [0.25, 0.3) is 0 Å². The van der Waals surface area contributed by atoms with Gasteiger partial charge in [0.1, 0.15) is 18.5 Å². The lowest BCUT2D eigenvalue weighted by Crippen LogP contribution is -2.25. The monoisotopic (exact) mass is 267 g/mol. The number of aliphatic hydroxyl groups is 1. The fourth-order valence-electron chi connectivity index (χ4n) is 1.92. The predicted octanol–water partition coefficient (Wildman–Crippen LogP) is 1.93. The molecule has 1 aromatic rings. The Morgan fingerprint density at radius 2 is 1.74 bits per heavy atom. The SMILES string of the molecule is Cc1cc(CN)cc(C)c1OCC(O)COC(C)C. The quantitative estimate of drug-likeness (QED) is 0.792. The normalized spacial score (nSPS) is 12.8. The van der Waals surface area contributed by atoms with Crippen molar-refractivity contribution in [2.24, 2.45) is 5.73 Å². The average molecular weight is 267 g/mol. The van der Waals surface area contributed by atoms with Crippen molar-refractivity contribution < 1.29 is 14.6 Å². The van der Waals surface area contributed by atoms with Crippen LogP contribution in [0.3, 0.4) is 0 Å². The highest BCUT2D eigenvalue weighted by atomic mass is 16.5. The zero-order chi connectivity index (χ0) is 14.4. The Morgan fingerprint density at radius 3 is 2.21 bits per heavy atom. The van der Waals surface area contributed by atoms with E-state index < -0.39 is 6.10 Å². The van der Waals surface area contributed by atoms with E-state index in [9.17, 15) is 5.11 Å². The van der Waals surface area contributed by atoms with E-state index in [-0.39, 0.29) is 19.3 Å². The van der Waals surface area contributed by atoms with Crippen LogP contribution in [0.4, 0.5) is 0 Å². The molecule has 0 fully saturated rings. The highest BCUT2D eigenvalue weighted by Gasteiger charge is 2.10. The molecule has 1 aromatic carbocycles. The fourth-order valence-corrected chi connectivity index (χ4v) is 1.92. The van der Waals surface area contributed by atoms with Gasteiger partial charge in [-0.25, -0.2) is 0 Å². The summed E-state index contributed by atoms with van der Waals surface area (Å²) in [5.74, 6) is 0.820. The minimum absolute atomic E-state index is 0.113. The topological polar surface area (TPSA) is 64.7 Å². The molecule has 19 heavy (non-hydrogen) atoms. The first kappa shape index (κ1) is 16.0. The van der Waals surface area contributed by atoms with E-state index >= 15 is 0 Å². The lowest BCUT2D eigenvalue weighted by atomic mass is 10.1. The third-order valence-electron chi connectivity index (χ3n) is 2.80. The second-order valence-corrected chi connectivity index (χ2v) is 5.11. The van der Waals surface area contributed by atoms with Crippen LogP contribution in [0.2, 0.25) is 0 Å². The molecule has 0 spiro atoms. The average Bonchev–Trinajstić information content (AvgIpc) is 2.34. The van der Waals surface area contributed by atoms with Crippen molar-refractivity contribution in [1.82, 2.24) is 0 Å². The van der Waals surface area contributed by atoms with Crippen LogP contribution in [0.25, 0.3) is 0 Å². The zero-order valence-corrected chi connectivity index (χ0v) is 12.3. The Kier molecular flexibility index (Phi) is 6.28. The van der Waals surface area contributed by atoms with Crippen LogP contribution in [0.15, 0.2) is 12.1 Å². The van der Waals surface area contributed by atoms with Crippen LogP contribution < -0.4 is 10.5 Å². The number of benzene rings is 1. The van der Waals surface area contributed by atoms with E-state index in [1.165, 1.54) is 0 Å². The molecule has 0 heterocycles. The summed E-state index contributed by atoms with van der Waals surface area (Å²) < 4.78 is 11.0. The van der Waals surface area contributed by atoms with Gasteiger partial charge in [0.2, 0.25) is 0 Å². The predicted molar refractivity (Wildman–Crippen MR) is 76.4 cm³/mol. The Bertz CT molecular complexity index is 381. The third kappa shape index (κ3) is 5.19. The van der Waals surface area contributed by atoms with E-state index in [0.717, 1.165) is 22.4 Å². The molecule has 1 unspecified atom stereocenters. The number of ether oxygens (including phenoxy) is 2. The second-order valence-electron chi connectivity index (χ2n) is 5.11. The van der Waals surface area contributed by atoms with Gasteiger partial charge in [-0.3, -0.25) is 0 Å². The molecular formula is C15H25NO3. The van der Waals surface area contributed by atoms with Crippen molar-refractivity contribution in [3.63, 3.8) is 0 Å². The molecule has 3 N–H and O–H groups in total. The summed E-state index contributed by atoms with van der Waals surface area (Å²) in [7, 11) is 0. The molecule has 1 rings (SSSR count). The number of aliphatic hydroxyl groups excluding tert-OH is 1. The van der Waals surface area contributed by atoms with Crippen molar-refractivity contribution in [2.45, 2.75) is 46.4 Å². The minimum Gasteiger partial charge on any atom is -0.490 e. The van der Waals surface area contributed by atoms with E-state index in [4.69, 9.17) is 15.2 Å². The van der Waals surface area contributed by atoms with Gasteiger partial charge in [-0.15, -0.1) is 0 Å². The number of nitrogens with two attached hydrogens (primary N) is 1. The van der Waals surface area contributed by atoms with Gasteiger partial charge in [-0.05, 0) is 44.4 Å². The molecule has 0 aliphatic heterocycles. The molecule has 0 aliphatic carbocycles. The van der Waals surface area contributed by atoms with Crippen molar-refractivity contribution in [3.8, 4) is 5.75 Å². The van der Waals surface area contributed by atoms with Crippen molar-refractivity contribution in [1.29, 1.82) is 0 Å². The third-order valence-corrected chi connectivity index (χ3v) is 2.80. The summed E-state index contributed by atoms with van der Waals surface area (Å²) in [5, 5.41) is 9.77. The Morgan fingerprint density at radius 1 is 1.16 bits per heavy atom. The molecule has 0 amide bonds. The Hall–Kier alpha value is -1.10. The Labute approximate surface area is 115 Å². The fraction of sp³-hybridized carbons (Fsp3) is 0.600. The Balaban J connectivity index is 2.58. The first-order valence-corrected chi connectivity index (χ1v) is 6.66. The lowest BCUT2D eigenvalue weighted by Gasteiger charge is -2.17. The van der Waals surface area contributed by atoms with Crippen LogP contribution in [0.1, 0.15) is 30.5 Å². The summed E-state index contributed by atoms with van der Waals surface area (Å²) in [6, 6.07) is 4.03. The molecule has 0 aliphatic rings. The summed E-state index contributed by atoms with van der Waals surface area (Å²) in [6.45, 7) is 8.89. The molecule has 108 valence electrons. The van der Waals surface area contributed by atoms with Crippen LogP contribution in [-0.4, -0.2) is 30.5 Å². The second kappa shape index (κ2) is 7.48. The maximum Gasteiger partial charge on any atom is 0.125 e. The van der Waals surface area contributed by atoms with E-state index in [0.29, 0.717) is 6.54 Å². The standard InChI is InChI=1S/C15H25NO3/c1-10(2)18-8-14(17)9-19-15-11(3)5-13(7-16)6-12(15)4/h5-6,10,14,17H,7-9,16H2,1-4H3. The molecule has 1 atom stereocenters. The van der Waals surface area contributed by atoms with E-state index in [1.807, 2.05) is 39.8 Å². The smallest absolute Gasteiger partial charge is 0.125 e. The summed E-state index contributed by atoms with van der Waals surface area (Å²) >= 11 is 0. The van der Waals surface area contributed by atoms with Crippen molar-refractivity contribution >= 4 is 0 Å². The van der Waals surface area contributed by atoms with Gasteiger partial charge in [-0.2, -0.15) is 0 Å². The largest absolute Gasteiger partial charge is 0.490 e. The summed E-state index contributed by atoms with van der Waals surface area (Å²) in [6.07, 6.45) is -0.502. The maximum atomic E-state index is 9.77. The molecule has 0 saturated heterocycles. The molecule has 0 bridgehead atoms. The van der Waals surface area contributed by atoms with Crippen LogP contribution >= 0.6 is 0 Å². The van der Waals surface area contributed by atoms with Crippen molar-refractivity contribution in [2.75, 3.05) is 13.2 Å². The summed E-state index contributed by atoms with van der Waals surface area (Å²) in [5.41, 5.74) is 8.80. The van der Waals surface area contributed by atoms with Gasteiger partial charge < -0.3 is 20.3 Å². The molecule has 4 heteroatoms. The van der Waals surface area contributed by atoms with Gasteiger partial charge in [0.15, 0.2) is 0 Å². The first-order chi connectivity index (χ1) is 8.93.